The topological polar surface area (TPSA) is 93.2 Å². The molecule has 8 nitrogen and oxygen atoms in total. The zero-order chi connectivity index (χ0) is 18.8. The van der Waals surface area contributed by atoms with Gasteiger partial charge in [-0.25, -0.2) is 9.97 Å². The van der Waals surface area contributed by atoms with E-state index in [9.17, 15) is 4.79 Å². The van der Waals surface area contributed by atoms with Crippen LogP contribution in [0.1, 0.15) is 28.7 Å². The van der Waals surface area contributed by atoms with Crippen LogP contribution in [0, 0.1) is 0 Å². The Morgan fingerprint density at radius 2 is 2.15 bits per heavy atom. The lowest BCUT2D eigenvalue weighted by molar-refractivity contribution is 0.0785. The highest BCUT2D eigenvalue weighted by Gasteiger charge is 2.30. The van der Waals surface area contributed by atoms with Crippen LogP contribution in [0.25, 0.3) is 10.6 Å². The van der Waals surface area contributed by atoms with Gasteiger partial charge in [-0.3, -0.25) is 9.89 Å². The van der Waals surface area contributed by atoms with Crippen molar-refractivity contribution >= 4 is 17.2 Å². The summed E-state index contributed by atoms with van der Waals surface area (Å²) in [5.74, 6) is 2.26. The standard InChI is InChI=1S/C18H19N5O3S/c1-25-14-4-3-11(7-15(14)26-2)17-21-13(9-27-17)18(24)23-6-5-12(8-23)16-19-10-20-22-16/h3-4,7,9-10,12H,5-6,8H2,1-2H3,(H,19,20,22). The summed E-state index contributed by atoms with van der Waals surface area (Å²) in [5.41, 5.74) is 1.35. The van der Waals surface area contributed by atoms with Gasteiger partial charge in [-0.2, -0.15) is 5.10 Å². The van der Waals surface area contributed by atoms with Gasteiger partial charge in [0.25, 0.3) is 5.91 Å². The van der Waals surface area contributed by atoms with Crippen molar-refractivity contribution in [3.05, 3.63) is 41.4 Å². The Morgan fingerprint density at radius 1 is 1.30 bits per heavy atom. The van der Waals surface area contributed by atoms with E-state index >= 15 is 0 Å². The third-order valence-corrected chi connectivity index (χ3v) is 5.54. The van der Waals surface area contributed by atoms with Gasteiger partial charge >= 0.3 is 0 Å². The fraction of sp³-hybridized carbons (Fsp3) is 0.333. The first-order chi connectivity index (χ1) is 13.2. The summed E-state index contributed by atoms with van der Waals surface area (Å²) in [7, 11) is 3.19. The molecular weight excluding hydrogens is 366 g/mol. The lowest BCUT2D eigenvalue weighted by Crippen LogP contribution is -2.28. The third kappa shape index (κ3) is 3.37. The molecule has 1 amide bonds. The number of aromatic nitrogens is 4. The van der Waals surface area contributed by atoms with Crippen LogP contribution < -0.4 is 9.47 Å². The summed E-state index contributed by atoms with van der Waals surface area (Å²) >= 11 is 1.44. The van der Waals surface area contributed by atoms with Gasteiger partial charge in [-0.1, -0.05) is 0 Å². The maximum Gasteiger partial charge on any atom is 0.273 e. The van der Waals surface area contributed by atoms with Gasteiger partial charge in [0, 0.05) is 30.0 Å². The molecule has 0 saturated carbocycles. The van der Waals surface area contributed by atoms with Crippen molar-refractivity contribution in [3.63, 3.8) is 0 Å². The zero-order valence-corrected chi connectivity index (χ0v) is 15.8. The van der Waals surface area contributed by atoms with Gasteiger partial charge < -0.3 is 14.4 Å². The van der Waals surface area contributed by atoms with Crippen LogP contribution in [0.5, 0.6) is 11.5 Å². The molecule has 1 N–H and O–H groups in total. The van der Waals surface area contributed by atoms with E-state index in [4.69, 9.17) is 9.47 Å². The van der Waals surface area contributed by atoms with Gasteiger partial charge in [0.1, 0.15) is 22.9 Å². The molecule has 1 fully saturated rings. The first-order valence-corrected chi connectivity index (χ1v) is 9.40. The summed E-state index contributed by atoms with van der Waals surface area (Å²) in [6, 6.07) is 5.60. The quantitative estimate of drug-likeness (QED) is 0.726. The predicted octanol–water partition coefficient (Wildman–Crippen LogP) is 2.58. The fourth-order valence-corrected chi connectivity index (χ4v) is 4.01. The molecule has 3 heterocycles. The molecule has 4 rings (SSSR count). The Hall–Kier alpha value is -2.94. The van der Waals surface area contributed by atoms with Crippen molar-refractivity contribution in [3.8, 4) is 22.1 Å². The molecule has 1 unspecified atom stereocenters. The summed E-state index contributed by atoms with van der Waals surface area (Å²) < 4.78 is 10.6. The smallest absolute Gasteiger partial charge is 0.273 e. The minimum absolute atomic E-state index is 0.0556. The van der Waals surface area contributed by atoms with E-state index in [1.54, 1.807) is 19.6 Å². The van der Waals surface area contributed by atoms with Gasteiger partial charge in [-0.15, -0.1) is 11.3 Å². The monoisotopic (exact) mass is 385 g/mol. The second-order valence-corrected chi connectivity index (χ2v) is 7.07. The molecule has 1 aliphatic rings. The van der Waals surface area contributed by atoms with Gasteiger partial charge in [0.05, 0.1) is 14.2 Å². The molecule has 9 heteroatoms. The zero-order valence-electron chi connectivity index (χ0n) is 15.0. The molecule has 140 valence electrons. The molecule has 2 aromatic heterocycles. The van der Waals surface area contributed by atoms with Crippen LogP contribution in [-0.2, 0) is 0 Å². The highest BCUT2D eigenvalue weighted by molar-refractivity contribution is 7.13. The number of likely N-dealkylation sites (tertiary alicyclic amines) is 1. The second kappa shape index (κ2) is 7.36. The Balaban J connectivity index is 1.50. The molecule has 0 bridgehead atoms. The van der Waals surface area contributed by atoms with E-state index in [1.165, 1.54) is 17.7 Å². The molecule has 1 aromatic carbocycles. The number of ether oxygens (including phenoxy) is 2. The highest BCUT2D eigenvalue weighted by atomic mass is 32.1. The summed E-state index contributed by atoms with van der Waals surface area (Å²) in [6.45, 7) is 1.31. The van der Waals surface area contributed by atoms with E-state index in [0.29, 0.717) is 30.3 Å². The van der Waals surface area contributed by atoms with E-state index < -0.39 is 0 Å². The minimum atomic E-state index is -0.0556. The maximum atomic E-state index is 12.8. The fourth-order valence-electron chi connectivity index (χ4n) is 3.22. The number of methoxy groups -OCH3 is 2. The first-order valence-electron chi connectivity index (χ1n) is 8.52. The van der Waals surface area contributed by atoms with Crippen LogP contribution in [0.4, 0.5) is 0 Å². The molecule has 0 radical (unpaired) electrons. The lowest BCUT2D eigenvalue weighted by Gasteiger charge is -2.14. The Labute approximate surface area is 160 Å². The molecule has 0 spiro atoms. The van der Waals surface area contributed by atoms with Crippen LogP contribution in [-0.4, -0.2) is 58.3 Å². The molecule has 1 atom stereocenters. The van der Waals surface area contributed by atoms with E-state index in [1.807, 2.05) is 23.1 Å². The van der Waals surface area contributed by atoms with Crippen LogP contribution in [0.15, 0.2) is 29.9 Å². The Kier molecular flexibility index (Phi) is 4.76. The average molecular weight is 385 g/mol. The molecule has 3 aromatic rings. The van der Waals surface area contributed by atoms with Gasteiger partial charge in [0.15, 0.2) is 11.5 Å². The maximum absolute atomic E-state index is 12.8. The van der Waals surface area contributed by atoms with E-state index in [-0.39, 0.29) is 11.8 Å². The molecule has 1 saturated heterocycles. The number of rotatable bonds is 5. The number of nitrogens with one attached hydrogen (secondary N) is 1. The largest absolute Gasteiger partial charge is 0.493 e. The number of hydrogen-bond acceptors (Lipinski definition) is 7. The van der Waals surface area contributed by atoms with E-state index in [2.05, 4.69) is 20.2 Å². The van der Waals surface area contributed by atoms with Crippen molar-refractivity contribution in [2.24, 2.45) is 0 Å². The number of H-pyrrole nitrogens is 1. The van der Waals surface area contributed by atoms with Crippen molar-refractivity contribution in [2.75, 3.05) is 27.3 Å². The van der Waals surface area contributed by atoms with Crippen molar-refractivity contribution in [1.29, 1.82) is 0 Å². The molecule has 27 heavy (non-hydrogen) atoms. The number of carbonyl (C=O) groups is 1. The third-order valence-electron chi connectivity index (χ3n) is 4.65. The summed E-state index contributed by atoms with van der Waals surface area (Å²) in [6.07, 6.45) is 2.36. The highest BCUT2D eigenvalue weighted by Crippen LogP contribution is 2.34. The number of thiazole rings is 1. The van der Waals surface area contributed by atoms with Crippen molar-refractivity contribution < 1.29 is 14.3 Å². The predicted molar refractivity (Wildman–Crippen MR) is 100 cm³/mol. The normalized spacial score (nSPS) is 16.5. The average Bonchev–Trinajstić information content (AvgIpc) is 3.47. The molecular formula is C18H19N5O3S. The number of aromatic amines is 1. The SMILES string of the molecule is COc1ccc(-c2nc(C(=O)N3CCC(c4ncn[nH]4)C3)cs2)cc1OC. The molecule has 0 aliphatic carbocycles. The molecule has 1 aliphatic heterocycles. The van der Waals surface area contributed by atoms with E-state index in [0.717, 1.165) is 22.8 Å². The number of benzene rings is 1. The van der Waals surface area contributed by atoms with Crippen LogP contribution in [0.3, 0.4) is 0 Å². The minimum Gasteiger partial charge on any atom is -0.493 e. The summed E-state index contributed by atoms with van der Waals surface area (Å²) in [5, 5.41) is 9.35. The number of carbonyl (C=O) groups excluding carboxylic acids is 1. The van der Waals surface area contributed by atoms with Crippen molar-refractivity contribution in [2.45, 2.75) is 12.3 Å². The lowest BCUT2D eigenvalue weighted by atomic mass is 10.1. The number of amides is 1. The van der Waals surface area contributed by atoms with Crippen LogP contribution >= 0.6 is 11.3 Å². The Morgan fingerprint density at radius 3 is 2.89 bits per heavy atom. The number of hydrogen-bond donors (Lipinski definition) is 1. The van der Waals surface area contributed by atoms with Crippen molar-refractivity contribution in [1.82, 2.24) is 25.1 Å². The Bertz CT molecular complexity index is 940. The van der Waals surface area contributed by atoms with Gasteiger partial charge in [0.2, 0.25) is 0 Å². The summed E-state index contributed by atoms with van der Waals surface area (Å²) in [4.78, 5) is 23.4. The van der Waals surface area contributed by atoms with Gasteiger partial charge in [-0.05, 0) is 24.6 Å². The number of nitrogens with zero attached hydrogens (tertiary/aromatic N) is 4. The first kappa shape index (κ1) is 17.5. The second-order valence-electron chi connectivity index (χ2n) is 6.22. The van der Waals surface area contributed by atoms with Crippen LogP contribution in [0.2, 0.25) is 0 Å².